The van der Waals surface area contributed by atoms with Gasteiger partial charge in [-0.25, -0.2) is 9.37 Å². The Morgan fingerprint density at radius 1 is 1.03 bits per heavy atom. The molecular weight excluding hydrogens is 514 g/mol. The standard InChI is InChI=1S/C28H33F4N5O2/c1-17(2)33-25(38)16-37-26(19-6-8-23(29)22(14-19)28(30,31)32)34-24-9-7-20(15-21(24)27(37)39)36-11-5-10-35(12-13-36)18(3)4/h6-9,14-15,17-18H,5,10-13,16H2,1-4H3,(H,33,38). The van der Waals surface area contributed by atoms with Crippen molar-refractivity contribution in [3.8, 4) is 11.4 Å². The first-order valence-electron chi connectivity index (χ1n) is 13.0. The van der Waals surface area contributed by atoms with Gasteiger partial charge in [0.05, 0.1) is 16.5 Å². The van der Waals surface area contributed by atoms with Crippen molar-refractivity contribution in [2.24, 2.45) is 0 Å². The maximum absolute atomic E-state index is 14.0. The lowest BCUT2D eigenvalue weighted by atomic mass is 10.1. The van der Waals surface area contributed by atoms with Crippen LogP contribution in [0.2, 0.25) is 0 Å². The minimum absolute atomic E-state index is 0.120. The van der Waals surface area contributed by atoms with Crippen LogP contribution in [0.3, 0.4) is 0 Å². The van der Waals surface area contributed by atoms with Crippen LogP contribution in [-0.2, 0) is 17.5 Å². The molecule has 0 atom stereocenters. The quantitative estimate of drug-likeness (QED) is 0.455. The maximum Gasteiger partial charge on any atom is 0.419 e. The van der Waals surface area contributed by atoms with Crippen LogP contribution < -0.4 is 15.8 Å². The molecule has 0 unspecified atom stereocenters. The molecule has 1 aliphatic heterocycles. The second-order valence-corrected chi connectivity index (χ2v) is 10.4. The Morgan fingerprint density at radius 2 is 1.77 bits per heavy atom. The molecule has 210 valence electrons. The topological polar surface area (TPSA) is 70.5 Å². The minimum atomic E-state index is -4.94. The predicted molar refractivity (Wildman–Crippen MR) is 143 cm³/mol. The molecule has 39 heavy (non-hydrogen) atoms. The summed E-state index contributed by atoms with van der Waals surface area (Å²) in [5, 5.41) is 2.94. The average molecular weight is 548 g/mol. The fraction of sp³-hybridized carbons (Fsp3) is 0.464. The smallest absolute Gasteiger partial charge is 0.370 e. The number of benzene rings is 2. The Morgan fingerprint density at radius 3 is 2.44 bits per heavy atom. The Labute approximate surface area is 224 Å². The highest BCUT2D eigenvalue weighted by Crippen LogP contribution is 2.34. The van der Waals surface area contributed by atoms with Crippen LogP contribution in [0.4, 0.5) is 23.2 Å². The summed E-state index contributed by atoms with van der Waals surface area (Å²) in [6.45, 7) is 10.8. The average Bonchev–Trinajstić information content (AvgIpc) is 3.11. The van der Waals surface area contributed by atoms with Crippen molar-refractivity contribution in [2.75, 3.05) is 31.1 Å². The monoisotopic (exact) mass is 547 g/mol. The molecule has 1 amide bonds. The van der Waals surface area contributed by atoms with E-state index in [0.717, 1.165) is 48.9 Å². The fourth-order valence-corrected chi connectivity index (χ4v) is 4.88. The Kier molecular flexibility index (Phi) is 8.29. The third-order valence-corrected chi connectivity index (χ3v) is 6.84. The highest BCUT2D eigenvalue weighted by Gasteiger charge is 2.34. The number of hydrogen-bond donors (Lipinski definition) is 1. The van der Waals surface area contributed by atoms with Gasteiger partial charge in [-0.05, 0) is 70.5 Å². The largest absolute Gasteiger partial charge is 0.419 e. The minimum Gasteiger partial charge on any atom is -0.370 e. The summed E-state index contributed by atoms with van der Waals surface area (Å²) in [4.78, 5) is 35.5. The summed E-state index contributed by atoms with van der Waals surface area (Å²) in [6, 6.07) is 7.87. The molecule has 2 aromatic carbocycles. The summed E-state index contributed by atoms with van der Waals surface area (Å²) >= 11 is 0. The molecule has 0 aliphatic carbocycles. The zero-order valence-corrected chi connectivity index (χ0v) is 22.5. The second-order valence-electron chi connectivity index (χ2n) is 10.4. The van der Waals surface area contributed by atoms with Crippen molar-refractivity contribution in [3.63, 3.8) is 0 Å². The fourth-order valence-electron chi connectivity index (χ4n) is 4.88. The van der Waals surface area contributed by atoms with Crippen LogP contribution in [0.1, 0.15) is 39.7 Å². The van der Waals surface area contributed by atoms with Crippen LogP contribution in [0, 0.1) is 5.82 Å². The van der Waals surface area contributed by atoms with Gasteiger partial charge in [-0.2, -0.15) is 13.2 Å². The van der Waals surface area contributed by atoms with Crippen LogP contribution in [0.15, 0.2) is 41.2 Å². The number of amides is 1. The Bertz CT molecular complexity index is 1420. The molecule has 0 bridgehead atoms. The maximum atomic E-state index is 14.0. The van der Waals surface area contributed by atoms with Gasteiger partial charge >= 0.3 is 6.18 Å². The van der Waals surface area contributed by atoms with Crippen molar-refractivity contribution in [1.82, 2.24) is 19.8 Å². The molecule has 0 radical (unpaired) electrons. The summed E-state index contributed by atoms with van der Waals surface area (Å²) < 4.78 is 55.4. The molecule has 1 saturated heterocycles. The van der Waals surface area contributed by atoms with Crippen molar-refractivity contribution in [1.29, 1.82) is 0 Å². The van der Waals surface area contributed by atoms with Crippen LogP contribution in [0.25, 0.3) is 22.3 Å². The number of nitrogens with one attached hydrogen (secondary N) is 1. The first-order valence-corrected chi connectivity index (χ1v) is 13.0. The number of alkyl halides is 3. The molecule has 0 saturated carbocycles. The van der Waals surface area contributed by atoms with Gasteiger partial charge in [-0.3, -0.25) is 19.1 Å². The molecule has 7 nitrogen and oxygen atoms in total. The molecule has 1 aromatic heterocycles. The van der Waals surface area contributed by atoms with Crippen LogP contribution >= 0.6 is 0 Å². The van der Waals surface area contributed by atoms with E-state index < -0.39 is 35.6 Å². The zero-order valence-electron chi connectivity index (χ0n) is 22.5. The van der Waals surface area contributed by atoms with E-state index in [1.165, 1.54) is 0 Å². The van der Waals surface area contributed by atoms with Gasteiger partial charge in [0.2, 0.25) is 5.91 Å². The summed E-state index contributed by atoms with van der Waals surface area (Å²) in [5.74, 6) is -2.08. The van der Waals surface area contributed by atoms with Gasteiger partial charge in [0.15, 0.2) is 0 Å². The van der Waals surface area contributed by atoms with E-state index in [1.807, 2.05) is 6.07 Å². The molecular formula is C28H33F4N5O2. The van der Waals surface area contributed by atoms with Crippen molar-refractivity contribution < 1.29 is 22.4 Å². The highest BCUT2D eigenvalue weighted by molar-refractivity contribution is 5.84. The number of carbonyl (C=O) groups excluding carboxylic acids is 1. The van der Waals surface area contributed by atoms with Gasteiger partial charge in [-0.1, -0.05) is 0 Å². The molecule has 0 spiro atoms. The zero-order chi connectivity index (χ0) is 28.5. The number of anilines is 1. The van der Waals surface area contributed by atoms with E-state index in [-0.39, 0.29) is 28.3 Å². The van der Waals surface area contributed by atoms with E-state index in [4.69, 9.17) is 0 Å². The lowest BCUT2D eigenvalue weighted by Crippen LogP contribution is -2.37. The molecule has 1 aliphatic rings. The van der Waals surface area contributed by atoms with E-state index in [0.29, 0.717) is 18.2 Å². The second kappa shape index (κ2) is 11.3. The van der Waals surface area contributed by atoms with Gasteiger partial charge in [0, 0.05) is 49.5 Å². The lowest BCUT2D eigenvalue weighted by Gasteiger charge is -2.26. The number of rotatable bonds is 6. The molecule has 4 rings (SSSR count). The van der Waals surface area contributed by atoms with Gasteiger partial charge in [-0.15, -0.1) is 0 Å². The number of aromatic nitrogens is 2. The van der Waals surface area contributed by atoms with E-state index in [1.54, 1.807) is 26.0 Å². The van der Waals surface area contributed by atoms with E-state index in [9.17, 15) is 27.2 Å². The highest BCUT2D eigenvalue weighted by atomic mass is 19.4. The van der Waals surface area contributed by atoms with Crippen LogP contribution in [0.5, 0.6) is 0 Å². The first-order chi connectivity index (χ1) is 18.3. The molecule has 1 N–H and O–H groups in total. The normalized spacial score (nSPS) is 15.3. The summed E-state index contributed by atoms with van der Waals surface area (Å²) in [5.41, 5.74) is -1.05. The Hall–Kier alpha value is -3.47. The van der Waals surface area contributed by atoms with Crippen molar-refractivity contribution in [2.45, 2.75) is 58.9 Å². The van der Waals surface area contributed by atoms with Gasteiger partial charge in [0.1, 0.15) is 18.2 Å². The van der Waals surface area contributed by atoms with Gasteiger partial charge < -0.3 is 10.2 Å². The van der Waals surface area contributed by atoms with E-state index in [2.05, 4.69) is 33.9 Å². The van der Waals surface area contributed by atoms with Crippen molar-refractivity contribution in [3.05, 3.63) is 58.1 Å². The Balaban J connectivity index is 1.83. The summed E-state index contributed by atoms with van der Waals surface area (Å²) in [7, 11) is 0. The lowest BCUT2D eigenvalue weighted by molar-refractivity contribution is -0.140. The number of fused-ring (bicyclic) bond motifs is 1. The molecule has 2 heterocycles. The molecule has 3 aromatic rings. The number of halogens is 4. The number of carbonyl (C=O) groups is 1. The van der Waals surface area contributed by atoms with Gasteiger partial charge in [0.25, 0.3) is 5.56 Å². The number of nitrogens with zero attached hydrogens (tertiary/aromatic N) is 4. The van der Waals surface area contributed by atoms with Crippen LogP contribution in [-0.4, -0.2) is 58.6 Å². The molecule has 1 fully saturated rings. The third kappa shape index (κ3) is 6.41. The predicted octanol–water partition coefficient (Wildman–Crippen LogP) is 4.67. The number of hydrogen-bond acceptors (Lipinski definition) is 5. The first kappa shape index (κ1) is 28.5. The molecule has 11 heteroatoms. The van der Waals surface area contributed by atoms with E-state index >= 15 is 0 Å². The SMILES string of the molecule is CC(C)NC(=O)Cn1c(-c2ccc(F)c(C(F)(F)F)c2)nc2ccc(N3CCCN(C(C)C)CC3)cc2c1=O. The third-order valence-electron chi connectivity index (χ3n) is 6.84. The van der Waals surface area contributed by atoms with Crippen molar-refractivity contribution >= 4 is 22.5 Å². The summed E-state index contributed by atoms with van der Waals surface area (Å²) in [6.07, 6.45) is -3.98.